The van der Waals surface area contributed by atoms with Crippen LogP contribution in [0.1, 0.15) is 32.6 Å². The summed E-state index contributed by atoms with van der Waals surface area (Å²) in [6.07, 6.45) is -2.92. The van der Waals surface area contributed by atoms with Crippen molar-refractivity contribution in [1.82, 2.24) is 0 Å². The third-order valence-electron chi connectivity index (χ3n) is 2.63. The van der Waals surface area contributed by atoms with Gasteiger partial charge in [0.1, 0.15) is 0 Å². The summed E-state index contributed by atoms with van der Waals surface area (Å²) in [6.45, 7) is 2.92. The number of hydrogen-bond acceptors (Lipinski definition) is 2. The zero-order chi connectivity index (χ0) is 10.7. The predicted octanol–water partition coefficient (Wildman–Crippen LogP) is 3.58. The zero-order valence-electron chi connectivity index (χ0n) is 8.27. The van der Waals surface area contributed by atoms with Gasteiger partial charge in [-0.15, -0.1) is 0 Å². The van der Waals surface area contributed by atoms with Gasteiger partial charge >= 0.3 is 6.18 Å². The van der Waals surface area contributed by atoms with E-state index in [0.29, 0.717) is 13.1 Å². The SMILES string of the molecule is CCCC1(CCC(F)(F)F)CN=NC1. The maximum absolute atomic E-state index is 12.1. The van der Waals surface area contributed by atoms with Gasteiger partial charge in [0, 0.05) is 11.8 Å². The average Bonchev–Trinajstić information content (AvgIpc) is 2.50. The van der Waals surface area contributed by atoms with Gasteiger partial charge in [-0.3, -0.25) is 0 Å². The quantitative estimate of drug-likeness (QED) is 0.674. The van der Waals surface area contributed by atoms with Gasteiger partial charge in [0.2, 0.25) is 0 Å². The molecule has 0 aromatic carbocycles. The lowest BCUT2D eigenvalue weighted by Crippen LogP contribution is -2.27. The Bertz CT molecular complexity index is 203. The molecule has 1 aliphatic rings. The summed E-state index contributed by atoms with van der Waals surface area (Å²) in [6, 6.07) is 0. The Morgan fingerprint density at radius 1 is 1.14 bits per heavy atom. The van der Waals surface area contributed by atoms with E-state index in [9.17, 15) is 13.2 Å². The molecular weight excluding hydrogens is 193 g/mol. The molecule has 5 heteroatoms. The van der Waals surface area contributed by atoms with Crippen LogP contribution < -0.4 is 0 Å². The largest absolute Gasteiger partial charge is 0.389 e. The third-order valence-corrected chi connectivity index (χ3v) is 2.63. The van der Waals surface area contributed by atoms with Crippen molar-refractivity contribution in [2.24, 2.45) is 15.6 Å². The maximum atomic E-state index is 12.1. The van der Waals surface area contributed by atoms with Crippen molar-refractivity contribution in [1.29, 1.82) is 0 Å². The Kier molecular flexibility index (Phi) is 3.50. The van der Waals surface area contributed by atoms with E-state index >= 15 is 0 Å². The summed E-state index contributed by atoms with van der Waals surface area (Å²) in [4.78, 5) is 0. The molecule has 14 heavy (non-hydrogen) atoms. The molecule has 0 aromatic heterocycles. The first-order valence-corrected chi connectivity index (χ1v) is 4.87. The van der Waals surface area contributed by atoms with Crippen molar-refractivity contribution in [3.8, 4) is 0 Å². The van der Waals surface area contributed by atoms with Gasteiger partial charge in [-0.1, -0.05) is 13.3 Å². The molecule has 0 radical (unpaired) electrons. The van der Waals surface area contributed by atoms with Crippen LogP contribution in [-0.4, -0.2) is 19.3 Å². The first-order chi connectivity index (χ1) is 6.47. The minimum Gasteiger partial charge on any atom is -0.194 e. The van der Waals surface area contributed by atoms with Crippen LogP contribution in [0.4, 0.5) is 13.2 Å². The highest BCUT2D eigenvalue weighted by molar-refractivity contribution is 4.87. The van der Waals surface area contributed by atoms with Crippen LogP contribution in [0.2, 0.25) is 0 Å². The summed E-state index contributed by atoms with van der Waals surface area (Å²) in [5.74, 6) is 0. The number of halogens is 3. The van der Waals surface area contributed by atoms with E-state index in [0.717, 1.165) is 12.8 Å². The minimum absolute atomic E-state index is 0.164. The smallest absolute Gasteiger partial charge is 0.194 e. The van der Waals surface area contributed by atoms with E-state index < -0.39 is 12.6 Å². The molecule has 0 saturated carbocycles. The third kappa shape index (κ3) is 3.27. The molecule has 0 aliphatic carbocycles. The van der Waals surface area contributed by atoms with E-state index in [4.69, 9.17) is 0 Å². The topological polar surface area (TPSA) is 24.7 Å². The Labute approximate surface area is 81.6 Å². The second kappa shape index (κ2) is 4.28. The van der Waals surface area contributed by atoms with Crippen molar-refractivity contribution in [2.75, 3.05) is 13.1 Å². The van der Waals surface area contributed by atoms with Gasteiger partial charge in [0.15, 0.2) is 0 Å². The summed E-state index contributed by atoms with van der Waals surface area (Å²) in [7, 11) is 0. The standard InChI is InChI=1S/C9H15F3N2/c1-2-3-8(6-13-14-7-8)4-5-9(10,11)12/h2-7H2,1H3. The number of azo groups is 1. The van der Waals surface area contributed by atoms with Gasteiger partial charge in [-0.2, -0.15) is 23.4 Å². The highest BCUT2D eigenvalue weighted by Gasteiger charge is 2.37. The van der Waals surface area contributed by atoms with E-state index in [1.165, 1.54) is 0 Å². The molecule has 2 nitrogen and oxygen atoms in total. The van der Waals surface area contributed by atoms with Crippen LogP contribution in [0.3, 0.4) is 0 Å². The normalized spacial score (nSPS) is 20.3. The molecule has 0 spiro atoms. The summed E-state index contributed by atoms with van der Waals surface area (Å²) >= 11 is 0. The molecular formula is C9H15F3N2. The van der Waals surface area contributed by atoms with E-state index in [1.54, 1.807) is 0 Å². The van der Waals surface area contributed by atoms with E-state index in [1.807, 2.05) is 6.92 Å². The molecule has 1 rings (SSSR count). The number of nitrogens with zero attached hydrogens (tertiary/aromatic N) is 2. The molecule has 1 heterocycles. The zero-order valence-corrected chi connectivity index (χ0v) is 8.27. The van der Waals surface area contributed by atoms with Crippen LogP contribution in [0, 0.1) is 5.41 Å². The van der Waals surface area contributed by atoms with Crippen LogP contribution in [0.25, 0.3) is 0 Å². The highest BCUT2D eigenvalue weighted by atomic mass is 19.4. The molecule has 0 aromatic rings. The van der Waals surface area contributed by atoms with Gasteiger partial charge in [0.05, 0.1) is 13.1 Å². The first-order valence-electron chi connectivity index (χ1n) is 4.87. The van der Waals surface area contributed by atoms with Crippen LogP contribution in [0.5, 0.6) is 0 Å². The van der Waals surface area contributed by atoms with E-state index in [2.05, 4.69) is 10.2 Å². The average molecular weight is 208 g/mol. The maximum Gasteiger partial charge on any atom is 0.389 e. The Morgan fingerprint density at radius 3 is 2.14 bits per heavy atom. The lowest BCUT2D eigenvalue weighted by Gasteiger charge is -2.26. The van der Waals surface area contributed by atoms with Gasteiger partial charge in [-0.25, -0.2) is 0 Å². The van der Waals surface area contributed by atoms with Crippen LogP contribution >= 0.6 is 0 Å². The van der Waals surface area contributed by atoms with E-state index in [-0.39, 0.29) is 11.8 Å². The Hall–Kier alpha value is -0.610. The highest BCUT2D eigenvalue weighted by Crippen LogP contribution is 2.37. The molecule has 82 valence electrons. The Morgan fingerprint density at radius 2 is 1.71 bits per heavy atom. The second-order valence-corrected chi connectivity index (χ2v) is 3.96. The fourth-order valence-electron chi connectivity index (χ4n) is 1.83. The van der Waals surface area contributed by atoms with Crippen LogP contribution in [0.15, 0.2) is 10.2 Å². The lowest BCUT2D eigenvalue weighted by atomic mass is 9.80. The first kappa shape index (κ1) is 11.5. The molecule has 0 unspecified atom stereocenters. The minimum atomic E-state index is -4.05. The van der Waals surface area contributed by atoms with Gasteiger partial charge in [0.25, 0.3) is 0 Å². The summed E-state index contributed by atoms with van der Waals surface area (Å²) < 4.78 is 36.2. The van der Waals surface area contributed by atoms with Crippen molar-refractivity contribution < 1.29 is 13.2 Å². The van der Waals surface area contributed by atoms with Crippen molar-refractivity contribution in [2.45, 2.75) is 38.8 Å². The number of rotatable bonds is 4. The molecule has 1 aliphatic heterocycles. The molecule has 0 N–H and O–H groups in total. The number of alkyl halides is 3. The molecule has 0 amide bonds. The van der Waals surface area contributed by atoms with Crippen molar-refractivity contribution >= 4 is 0 Å². The molecule has 0 atom stereocenters. The van der Waals surface area contributed by atoms with Crippen molar-refractivity contribution in [3.05, 3.63) is 0 Å². The van der Waals surface area contributed by atoms with Gasteiger partial charge in [-0.05, 0) is 12.8 Å². The lowest BCUT2D eigenvalue weighted by molar-refractivity contribution is -0.140. The monoisotopic (exact) mass is 208 g/mol. The molecule has 0 saturated heterocycles. The Balaban J connectivity index is 2.44. The summed E-state index contributed by atoms with van der Waals surface area (Å²) in [5.41, 5.74) is -0.301. The summed E-state index contributed by atoms with van der Waals surface area (Å²) in [5, 5.41) is 7.63. The predicted molar refractivity (Wildman–Crippen MR) is 47.2 cm³/mol. The fourth-order valence-corrected chi connectivity index (χ4v) is 1.83. The molecule has 0 bridgehead atoms. The van der Waals surface area contributed by atoms with Crippen LogP contribution in [-0.2, 0) is 0 Å². The molecule has 0 fully saturated rings. The number of hydrogen-bond donors (Lipinski definition) is 0. The van der Waals surface area contributed by atoms with Crippen molar-refractivity contribution in [3.63, 3.8) is 0 Å². The second-order valence-electron chi connectivity index (χ2n) is 3.96. The van der Waals surface area contributed by atoms with Gasteiger partial charge < -0.3 is 0 Å². The fraction of sp³-hybridized carbons (Fsp3) is 1.00.